The average molecular weight is 573 g/mol. The predicted molar refractivity (Wildman–Crippen MR) is 144 cm³/mol. The molecule has 0 spiro atoms. The van der Waals surface area contributed by atoms with E-state index in [0.29, 0.717) is 21.2 Å². The number of benzene rings is 3. The molecular weight excluding hydrogens is 550 g/mol. The zero-order chi connectivity index (χ0) is 24.9. The number of hydrogen-bond donors (Lipinski definition) is 0. The number of aryl methyl sites for hydroxylation is 2. The van der Waals surface area contributed by atoms with Gasteiger partial charge < -0.3 is 9.47 Å². The molecule has 1 aliphatic rings. The molecule has 5 nitrogen and oxygen atoms in total. The zero-order valence-electron chi connectivity index (χ0n) is 19.2. The summed E-state index contributed by atoms with van der Waals surface area (Å²) in [6.07, 6.45) is 1.68. The molecule has 3 aromatic rings. The third-order valence-corrected chi connectivity index (χ3v) is 7.16. The van der Waals surface area contributed by atoms with Crippen LogP contribution in [0.1, 0.15) is 22.3 Å². The molecule has 8 heteroatoms. The van der Waals surface area contributed by atoms with Gasteiger partial charge in [0.05, 0.1) is 11.4 Å². The van der Waals surface area contributed by atoms with Crippen molar-refractivity contribution in [2.75, 3.05) is 13.2 Å². The summed E-state index contributed by atoms with van der Waals surface area (Å²) >= 11 is 10.6. The number of imide groups is 1. The first kappa shape index (κ1) is 25.4. The Morgan fingerprint density at radius 1 is 1.00 bits per heavy atom. The van der Waals surface area contributed by atoms with Gasteiger partial charge in [-0.15, -0.1) is 0 Å². The second kappa shape index (κ2) is 11.3. The molecule has 4 rings (SSSR count). The quantitative estimate of drug-likeness (QED) is 0.263. The van der Waals surface area contributed by atoms with E-state index in [4.69, 9.17) is 21.1 Å². The van der Waals surface area contributed by atoms with Gasteiger partial charge in [0.25, 0.3) is 11.1 Å². The molecule has 0 bridgehead atoms. The van der Waals surface area contributed by atoms with Gasteiger partial charge in [0.15, 0.2) is 0 Å². The van der Waals surface area contributed by atoms with Gasteiger partial charge >= 0.3 is 0 Å². The normalized spacial score (nSPS) is 14.6. The molecule has 0 radical (unpaired) electrons. The Morgan fingerprint density at radius 3 is 2.60 bits per heavy atom. The van der Waals surface area contributed by atoms with Crippen LogP contribution in [-0.2, 0) is 11.4 Å². The molecule has 0 atom stereocenters. The van der Waals surface area contributed by atoms with Crippen LogP contribution < -0.4 is 9.47 Å². The Hall–Kier alpha value is -2.74. The van der Waals surface area contributed by atoms with Crippen LogP contribution in [-0.4, -0.2) is 29.2 Å². The molecule has 1 saturated heterocycles. The van der Waals surface area contributed by atoms with E-state index in [2.05, 4.69) is 15.9 Å². The Bertz CT molecular complexity index is 1310. The number of halogens is 2. The number of thioether (sulfide) groups is 1. The number of carbonyl (C=O) groups excluding carboxylic acids is 2. The van der Waals surface area contributed by atoms with E-state index in [1.54, 1.807) is 6.08 Å². The second-order valence-electron chi connectivity index (χ2n) is 8.01. The Kier molecular flexibility index (Phi) is 8.21. The molecule has 2 amide bonds. The highest BCUT2D eigenvalue weighted by molar-refractivity contribution is 9.10. The lowest BCUT2D eigenvalue weighted by atomic mass is 10.1. The van der Waals surface area contributed by atoms with Gasteiger partial charge in [-0.25, -0.2) is 0 Å². The van der Waals surface area contributed by atoms with Gasteiger partial charge in [0.1, 0.15) is 24.7 Å². The summed E-state index contributed by atoms with van der Waals surface area (Å²) in [5.41, 5.74) is 3.63. The summed E-state index contributed by atoms with van der Waals surface area (Å²) in [4.78, 5) is 27.1. The minimum absolute atomic E-state index is 0.170. The van der Waals surface area contributed by atoms with Gasteiger partial charge in [0, 0.05) is 20.6 Å². The third-order valence-electron chi connectivity index (χ3n) is 5.39. The lowest BCUT2D eigenvalue weighted by molar-refractivity contribution is -0.123. The predicted octanol–water partition coefficient (Wildman–Crippen LogP) is 7.41. The molecule has 0 unspecified atom stereocenters. The first-order valence-corrected chi connectivity index (χ1v) is 12.9. The second-order valence-corrected chi connectivity index (χ2v) is 10.3. The molecule has 1 aliphatic heterocycles. The molecule has 0 N–H and O–H groups in total. The van der Waals surface area contributed by atoms with Crippen molar-refractivity contribution in [3.63, 3.8) is 0 Å². The summed E-state index contributed by atoms with van der Waals surface area (Å²) in [5.74, 6) is 0.988. The highest BCUT2D eigenvalue weighted by Crippen LogP contribution is 2.35. The summed E-state index contributed by atoms with van der Waals surface area (Å²) in [6.45, 7) is 4.62. The number of amides is 2. The summed E-state index contributed by atoms with van der Waals surface area (Å²) in [5, 5.41) is 0.301. The Labute approximate surface area is 222 Å². The van der Waals surface area contributed by atoms with Crippen molar-refractivity contribution in [2.24, 2.45) is 0 Å². The van der Waals surface area contributed by atoms with Crippen LogP contribution in [0.15, 0.2) is 70.0 Å². The van der Waals surface area contributed by atoms with E-state index in [-0.39, 0.29) is 30.9 Å². The van der Waals surface area contributed by atoms with Gasteiger partial charge in [-0.05, 0) is 73.1 Å². The first-order chi connectivity index (χ1) is 16.8. The Balaban J connectivity index is 1.46. The van der Waals surface area contributed by atoms with Crippen molar-refractivity contribution in [1.29, 1.82) is 0 Å². The van der Waals surface area contributed by atoms with Crippen molar-refractivity contribution in [2.45, 2.75) is 20.5 Å². The van der Waals surface area contributed by atoms with E-state index in [0.717, 1.165) is 38.7 Å². The highest BCUT2D eigenvalue weighted by atomic mass is 79.9. The van der Waals surface area contributed by atoms with Crippen molar-refractivity contribution >= 4 is 56.5 Å². The maximum absolute atomic E-state index is 13.0. The molecular formula is C27H23BrClNO4S. The van der Waals surface area contributed by atoms with Crippen molar-refractivity contribution in [1.82, 2.24) is 4.90 Å². The molecule has 1 heterocycles. The van der Waals surface area contributed by atoms with Gasteiger partial charge in [-0.1, -0.05) is 57.9 Å². The van der Waals surface area contributed by atoms with Crippen LogP contribution in [0.3, 0.4) is 0 Å². The summed E-state index contributed by atoms with van der Waals surface area (Å²) in [6, 6.07) is 18.9. The SMILES string of the molecule is Cc1ccc(C)c(OCCN2C(=O)S/C(=C\c3cc(Br)ccc3OCc3ccccc3Cl)C2=O)c1. The van der Waals surface area contributed by atoms with Crippen LogP contribution in [0.4, 0.5) is 4.79 Å². The summed E-state index contributed by atoms with van der Waals surface area (Å²) < 4.78 is 12.7. The standard InChI is InChI=1S/C27H23BrClNO4S/c1-17-7-8-18(2)24(13-17)33-12-11-30-26(31)25(35-27(30)32)15-20-14-21(28)9-10-23(20)34-16-19-5-3-4-6-22(19)29/h3-10,13-15H,11-12,16H2,1-2H3/b25-15-. The van der Waals surface area contributed by atoms with E-state index in [1.807, 2.05) is 74.5 Å². The van der Waals surface area contributed by atoms with Crippen LogP contribution in [0.2, 0.25) is 5.02 Å². The number of ether oxygens (including phenoxy) is 2. The fourth-order valence-corrected chi connectivity index (χ4v) is 4.90. The fourth-order valence-electron chi connectivity index (χ4n) is 3.48. The smallest absolute Gasteiger partial charge is 0.293 e. The molecule has 0 aliphatic carbocycles. The van der Waals surface area contributed by atoms with Crippen molar-refractivity contribution in [3.05, 3.63) is 97.3 Å². The maximum atomic E-state index is 13.0. The number of carbonyl (C=O) groups is 2. The number of rotatable bonds is 8. The molecule has 0 aromatic heterocycles. The van der Waals surface area contributed by atoms with Crippen LogP contribution >= 0.6 is 39.3 Å². The molecule has 0 saturated carbocycles. The van der Waals surface area contributed by atoms with Gasteiger partial charge in [-0.3, -0.25) is 14.5 Å². The third kappa shape index (κ3) is 6.28. The van der Waals surface area contributed by atoms with Crippen LogP contribution in [0, 0.1) is 13.8 Å². The lowest BCUT2D eigenvalue weighted by Gasteiger charge is -2.15. The summed E-state index contributed by atoms with van der Waals surface area (Å²) in [7, 11) is 0. The van der Waals surface area contributed by atoms with Crippen molar-refractivity contribution < 1.29 is 19.1 Å². The molecule has 35 heavy (non-hydrogen) atoms. The molecule has 180 valence electrons. The van der Waals surface area contributed by atoms with E-state index >= 15 is 0 Å². The molecule has 1 fully saturated rings. The van der Waals surface area contributed by atoms with Crippen LogP contribution in [0.25, 0.3) is 6.08 Å². The largest absolute Gasteiger partial charge is 0.491 e. The minimum Gasteiger partial charge on any atom is -0.491 e. The lowest BCUT2D eigenvalue weighted by Crippen LogP contribution is -2.32. The zero-order valence-corrected chi connectivity index (χ0v) is 22.4. The van der Waals surface area contributed by atoms with E-state index in [9.17, 15) is 9.59 Å². The van der Waals surface area contributed by atoms with Gasteiger partial charge in [-0.2, -0.15) is 0 Å². The van der Waals surface area contributed by atoms with Gasteiger partial charge in [0.2, 0.25) is 0 Å². The highest BCUT2D eigenvalue weighted by Gasteiger charge is 2.35. The number of nitrogens with zero attached hydrogens (tertiary/aromatic N) is 1. The van der Waals surface area contributed by atoms with Crippen molar-refractivity contribution in [3.8, 4) is 11.5 Å². The minimum atomic E-state index is -0.346. The Morgan fingerprint density at radius 2 is 1.80 bits per heavy atom. The monoisotopic (exact) mass is 571 g/mol. The van der Waals surface area contributed by atoms with Crippen LogP contribution in [0.5, 0.6) is 11.5 Å². The average Bonchev–Trinajstić information content (AvgIpc) is 3.09. The maximum Gasteiger partial charge on any atom is 0.293 e. The molecule has 3 aromatic carbocycles. The fraction of sp³-hybridized carbons (Fsp3) is 0.185. The number of hydrogen-bond acceptors (Lipinski definition) is 5. The van der Waals surface area contributed by atoms with E-state index < -0.39 is 0 Å². The topological polar surface area (TPSA) is 55.8 Å². The van der Waals surface area contributed by atoms with E-state index in [1.165, 1.54) is 4.90 Å². The first-order valence-electron chi connectivity index (χ1n) is 10.9.